The van der Waals surface area contributed by atoms with Gasteiger partial charge in [-0.1, -0.05) is 26.0 Å². The molecule has 0 atom stereocenters. The van der Waals surface area contributed by atoms with Crippen molar-refractivity contribution < 1.29 is 13.9 Å². The van der Waals surface area contributed by atoms with Gasteiger partial charge in [0.05, 0.1) is 0 Å². The van der Waals surface area contributed by atoms with Crippen molar-refractivity contribution in [3.63, 3.8) is 0 Å². The van der Waals surface area contributed by atoms with Crippen LogP contribution in [0, 0.1) is 5.82 Å². The van der Waals surface area contributed by atoms with Crippen molar-refractivity contribution in [2.24, 2.45) is 0 Å². The zero-order chi connectivity index (χ0) is 15.2. The van der Waals surface area contributed by atoms with E-state index in [1.165, 1.54) is 24.3 Å². The lowest BCUT2D eigenvalue weighted by atomic mass is 10.0. The third-order valence-electron chi connectivity index (χ3n) is 3.02. The summed E-state index contributed by atoms with van der Waals surface area (Å²) in [6.07, 6.45) is 0. The van der Waals surface area contributed by atoms with Gasteiger partial charge in [0, 0.05) is 5.69 Å². The fourth-order valence-corrected chi connectivity index (χ4v) is 1.85. The fourth-order valence-electron chi connectivity index (χ4n) is 1.85. The number of carbonyl (C=O) groups excluding carboxylic acids is 1. The lowest BCUT2D eigenvalue weighted by molar-refractivity contribution is -0.118. The van der Waals surface area contributed by atoms with Crippen LogP contribution in [0.3, 0.4) is 0 Å². The minimum atomic E-state index is -0.336. The number of ether oxygens (including phenoxy) is 1. The highest BCUT2D eigenvalue weighted by molar-refractivity contribution is 5.91. The molecule has 0 radical (unpaired) electrons. The second kappa shape index (κ2) is 6.88. The van der Waals surface area contributed by atoms with Crippen molar-refractivity contribution in [2.75, 3.05) is 11.9 Å². The molecule has 0 spiro atoms. The van der Waals surface area contributed by atoms with E-state index < -0.39 is 0 Å². The zero-order valence-electron chi connectivity index (χ0n) is 12.1. The van der Waals surface area contributed by atoms with Crippen LogP contribution >= 0.6 is 0 Å². The standard InChI is InChI=1S/C17H18FNO2/c1-12(2)13-4-3-5-15(10-13)19-17(20)11-21-16-8-6-14(18)7-9-16/h3-10,12H,11H2,1-2H3,(H,19,20). The number of benzene rings is 2. The molecule has 21 heavy (non-hydrogen) atoms. The minimum Gasteiger partial charge on any atom is -0.484 e. The molecule has 0 unspecified atom stereocenters. The Bertz CT molecular complexity index is 608. The smallest absolute Gasteiger partial charge is 0.262 e. The van der Waals surface area contributed by atoms with Crippen LogP contribution in [-0.2, 0) is 4.79 Å². The number of carbonyl (C=O) groups is 1. The molecule has 2 aromatic rings. The molecule has 3 nitrogen and oxygen atoms in total. The molecule has 0 saturated heterocycles. The minimum absolute atomic E-state index is 0.114. The highest BCUT2D eigenvalue weighted by Gasteiger charge is 2.06. The number of anilines is 1. The number of rotatable bonds is 5. The van der Waals surface area contributed by atoms with Gasteiger partial charge in [0.2, 0.25) is 0 Å². The van der Waals surface area contributed by atoms with Crippen LogP contribution in [0.4, 0.5) is 10.1 Å². The van der Waals surface area contributed by atoms with Gasteiger partial charge >= 0.3 is 0 Å². The van der Waals surface area contributed by atoms with Crippen LogP contribution in [0.2, 0.25) is 0 Å². The Morgan fingerprint density at radius 2 is 1.90 bits per heavy atom. The third kappa shape index (κ3) is 4.60. The van der Waals surface area contributed by atoms with Crippen LogP contribution < -0.4 is 10.1 Å². The van der Waals surface area contributed by atoms with E-state index in [2.05, 4.69) is 19.2 Å². The second-order valence-electron chi connectivity index (χ2n) is 5.07. The van der Waals surface area contributed by atoms with E-state index in [1.54, 1.807) is 0 Å². The molecule has 0 bridgehead atoms. The van der Waals surface area contributed by atoms with Gasteiger partial charge in [0.25, 0.3) is 5.91 Å². The van der Waals surface area contributed by atoms with Crippen molar-refractivity contribution >= 4 is 11.6 Å². The van der Waals surface area contributed by atoms with Gasteiger partial charge in [-0.3, -0.25) is 4.79 Å². The molecule has 0 aliphatic rings. The second-order valence-corrected chi connectivity index (χ2v) is 5.07. The SMILES string of the molecule is CC(C)c1cccc(NC(=O)COc2ccc(F)cc2)c1. The lowest BCUT2D eigenvalue weighted by Gasteiger charge is -2.10. The van der Waals surface area contributed by atoms with E-state index in [0.29, 0.717) is 11.7 Å². The van der Waals surface area contributed by atoms with Gasteiger partial charge in [0.15, 0.2) is 6.61 Å². The lowest BCUT2D eigenvalue weighted by Crippen LogP contribution is -2.20. The van der Waals surface area contributed by atoms with Crippen LogP contribution in [-0.4, -0.2) is 12.5 Å². The van der Waals surface area contributed by atoms with E-state index in [-0.39, 0.29) is 18.3 Å². The molecule has 0 fully saturated rings. The third-order valence-corrected chi connectivity index (χ3v) is 3.02. The maximum Gasteiger partial charge on any atom is 0.262 e. The largest absolute Gasteiger partial charge is 0.484 e. The molecule has 1 N–H and O–H groups in total. The monoisotopic (exact) mass is 287 g/mol. The first-order chi connectivity index (χ1) is 10.0. The van der Waals surface area contributed by atoms with Crippen molar-refractivity contribution in [2.45, 2.75) is 19.8 Å². The number of nitrogens with one attached hydrogen (secondary N) is 1. The molecule has 0 aliphatic carbocycles. The Morgan fingerprint density at radius 1 is 1.19 bits per heavy atom. The molecule has 1 amide bonds. The Balaban J connectivity index is 1.89. The first kappa shape index (κ1) is 15.0. The highest BCUT2D eigenvalue weighted by atomic mass is 19.1. The van der Waals surface area contributed by atoms with Crippen LogP contribution in [0.25, 0.3) is 0 Å². The van der Waals surface area contributed by atoms with Crippen LogP contribution in [0.5, 0.6) is 5.75 Å². The molecule has 0 saturated carbocycles. The maximum absolute atomic E-state index is 12.7. The fraction of sp³-hybridized carbons (Fsp3) is 0.235. The van der Waals surface area contributed by atoms with E-state index >= 15 is 0 Å². The van der Waals surface area contributed by atoms with Crippen molar-refractivity contribution in [1.29, 1.82) is 0 Å². The van der Waals surface area contributed by atoms with Gasteiger partial charge in [-0.05, 0) is 47.9 Å². The summed E-state index contributed by atoms with van der Waals surface area (Å²) in [6.45, 7) is 4.08. The normalized spacial score (nSPS) is 10.5. The van der Waals surface area contributed by atoms with E-state index in [4.69, 9.17) is 4.74 Å². The molecule has 2 rings (SSSR count). The predicted molar refractivity (Wildman–Crippen MR) is 81.1 cm³/mol. The molecule has 110 valence electrons. The van der Waals surface area contributed by atoms with Gasteiger partial charge in [-0.2, -0.15) is 0 Å². The quantitative estimate of drug-likeness (QED) is 0.903. The van der Waals surface area contributed by atoms with E-state index in [9.17, 15) is 9.18 Å². The summed E-state index contributed by atoms with van der Waals surface area (Å²) in [5.41, 5.74) is 1.90. The van der Waals surface area contributed by atoms with Crippen molar-refractivity contribution in [3.8, 4) is 5.75 Å². The predicted octanol–water partition coefficient (Wildman–Crippen LogP) is 3.97. The average molecular weight is 287 g/mol. The summed E-state index contributed by atoms with van der Waals surface area (Å²) in [5.74, 6) is 0.275. The van der Waals surface area contributed by atoms with Gasteiger partial charge in [-0.15, -0.1) is 0 Å². The Kier molecular flexibility index (Phi) is 4.93. The van der Waals surface area contributed by atoms with Crippen molar-refractivity contribution in [1.82, 2.24) is 0 Å². The summed E-state index contributed by atoms with van der Waals surface area (Å²) in [5, 5.41) is 2.78. The summed E-state index contributed by atoms with van der Waals surface area (Å²) < 4.78 is 18.0. The molecule has 4 heteroatoms. The molecule has 0 heterocycles. The van der Waals surface area contributed by atoms with E-state index in [0.717, 1.165) is 11.3 Å². The Hall–Kier alpha value is -2.36. The maximum atomic E-state index is 12.7. The summed E-state index contributed by atoms with van der Waals surface area (Å²) in [6, 6.07) is 13.3. The number of hydrogen-bond donors (Lipinski definition) is 1. The number of halogens is 1. The summed E-state index contributed by atoms with van der Waals surface area (Å²) >= 11 is 0. The Labute approximate surface area is 123 Å². The molecule has 2 aromatic carbocycles. The molecular weight excluding hydrogens is 269 g/mol. The topological polar surface area (TPSA) is 38.3 Å². The summed E-state index contributed by atoms with van der Waals surface area (Å²) in [7, 11) is 0. The summed E-state index contributed by atoms with van der Waals surface area (Å²) in [4.78, 5) is 11.8. The number of hydrogen-bond acceptors (Lipinski definition) is 2. The first-order valence-electron chi connectivity index (χ1n) is 6.83. The van der Waals surface area contributed by atoms with E-state index in [1.807, 2.05) is 24.3 Å². The van der Waals surface area contributed by atoms with Gasteiger partial charge in [-0.25, -0.2) is 4.39 Å². The Morgan fingerprint density at radius 3 is 2.57 bits per heavy atom. The molecule has 0 aliphatic heterocycles. The van der Waals surface area contributed by atoms with Gasteiger partial charge in [0.1, 0.15) is 11.6 Å². The zero-order valence-corrected chi connectivity index (χ0v) is 12.1. The van der Waals surface area contributed by atoms with Crippen molar-refractivity contribution in [3.05, 3.63) is 59.9 Å². The first-order valence-corrected chi connectivity index (χ1v) is 6.83. The molecule has 0 aromatic heterocycles. The highest BCUT2D eigenvalue weighted by Crippen LogP contribution is 2.18. The number of amides is 1. The van der Waals surface area contributed by atoms with Gasteiger partial charge < -0.3 is 10.1 Å². The van der Waals surface area contributed by atoms with Crippen LogP contribution in [0.1, 0.15) is 25.3 Å². The molecular formula is C17H18FNO2. The van der Waals surface area contributed by atoms with Crippen LogP contribution in [0.15, 0.2) is 48.5 Å². The average Bonchev–Trinajstić information content (AvgIpc) is 2.47.